The fourth-order valence-corrected chi connectivity index (χ4v) is 1.94. The van der Waals surface area contributed by atoms with Crippen LogP contribution in [0.25, 0.3) is 0 Å². The average Bonchev–Trinajstić information content (AvgIpc) is 2.26. The van der Waals surface area contributed by atoms with E-state index in [0.717, 1.165) is 0 Å². The van der Waals surface area contributed by atoms with Crippen LogP contribution in [0.4, 0.5) is 0 Å². The van der Waals surface area contributed by atoms with Crippen molar-refractivity contribution in [2.75, 3.05) is 11.7 Å². The minimum atomic E-state index is -3.44. The number of aromatic nitrogens is 1. The average molecular weight is 245 g/mol. The second kappa shape index (κ2) is 5.83. The minimum absolute atomic E-state index is 0.220. The molecule has 0 amide bonds. The largest absolute Gasteiger partial charge is 0.478 e. The number of sulfone groups is 1. The maximum atomic E-state index is 11.3. The van der Waals surface area contributed by atoms with Gasteiger partial charge in [-0.2, -0.15) is 0 Å². The molecule has 0 saturated heterocycles. The number of pyridine rings is 1. The molecule has 0 atom stereocenters. The van der Waals surface area contributed by atoms with Gasteiger partial charge in [0.2, 0.25) is 0 Å². The van der Waals surface area contributed by atoms with Crippen molar-refractivity contribution in [2.24, 2.45) is 0 Å². The molecule has 16 heavy (non-hydrogen) atoms. The van der Waals surface area contributed by atoms with Gasteiger partial charge >= 0.3 is 7.12 Å². The highest BCUT2D eigenvalue weighted by Gasteiger charge is 2.16. The van der Waals surface area contributed by atoms with E-state index in [1.807, 2.05) is 0 Å². The van der Waals surface area contributed by atoms with Crippen molar-refractivity contribution in [2.45, 2.75) is 6.32 Å². The quantitative estimate of drug-likeness (QED) is 0.643. The SMILES string of the molecule is O=S(=O)(CCB(O)O)COc1ccncc1. The summed E-state index contributed by atoms with van der Waals surface area (Å²) >= 11 is 0. The Bertz CT molecular complexity index is 408. The van der Waals surface area contributed by atoms with Crippen molar-refractivity contribution >= 4 is 17.0 Å². The fourth-order valence-electron chi connectivity index (χ4n) is 0.936. The van der Waals surface area contributed by atoms with Crippen molar-refractivity contribution in [3.05, 3.63) is 24.5 Å². The predicted molar refractivity (Wildman–Crippen MR) is 58.5 cm³/mol. The van der Waals surface area contributed by atoms with Gasteiger partial charge in [-0.3, -0.25) is 4.98 Å². The maximum absolute atomic E-state index is 11.3. The Kier molecular flexibility index (Phi) is 4.72. The second-order valence-electron chi connectivity index (χ2n) is 3.16. The van der Waals surface area contributed by atoms with Crippen LogP contribution in [0.1, 0.15) is 0 Å². The van der Waals surface area contributed by atoms with Crippen LogP contribution in [0.3, 0.4) is 0 Å². The van der Waals surface area contributed by atoms with E-state index in [1.165, 1.54) is 24.5 Å². The molecule has 6 nitrogen and oxygen atoms in total. The summed E-state index contributed by atoms with van der Waals surface area (Å²) in [6.45, 7) is 0. The van der Waals surface area contributed by atoms with Crippen LogP contribution in [0.5, 0.6) is 5.75 Å². The van der Waals surface area contributed by atoms with Gasteiger partial charge in [0.1, 0.15) is 5.75 Å². The molecule has 0 fully saturated rings. The molecule has 0 aliphatic heterocycles. The predicted octanol–water partition coefficient (Wildman–Crippen LogP) is -0.695. The van der Waals surface area contributed by atoms with Gasteiger partial charge in [-0.1, -0.05) is 0 Å². The first-order chi connectivity index (χ1) is 7.49. The van der Waals surface area contributed by atoms with E-state index in [4.69, 9.17) is 14.8 Å². The fraction of sp³-hybridized carbons (Fsp3) is 0.375. The molecule has 1 aromatic heterocycles. The third kappa shape index (κ3) is 5.10. The molecule has 0 aliphatic rings. The van der Waals surface area contributed by atoms with Gasteiger partial charge in [0.05, 0.1) is 5.75 Å². The highest BCUT2D eigenvalue weighted by Crippen LogP contribution is 2.08. The van der Waals surface area contributed by atoms with Crippen LogP contribution in [0, 0.1) is 0 Å². The first kappa shape index (κ1) is 13.0. The molecule has 0 bridgehead atoms. The summed E-state index contributed by atoms with van der Waals surface area (Å²) in [5.41, 5.74) is 0. The van der Waals surface area contributed by atoms with Crippen molar-refractivity contribution in [3.63, 3.8) is 0 Å². The first-order valence-electron chi connectivity index (χ1n) is 4.59. The zero-order valence-electron chi connectivity index (χ0n) is 8.48. The van der Waals surface area contributed by atoms with Crippen LogP contribution in [-0.4, -0.2) is 42.3 Å². The van der Waals surface area contributed by atoms with E-state index >= 15 is 0 Å². The van der Waals surface area contributed by atoms with Gasteiger partial charge < -0.3 is 14.8 Å². The zero-order chi connectivity index (χ0) is 12.0. The molecular weight excluding hydrogens is 233 g/mol. The number of rotatable bonds is 6. The normalized spacial score (nSPS) is 11.1. The Balaban J connectivity index is 2.42. The summed E-state index contributed by atoms with van der Waals surface area (Å²) in [6, 6.07) is 3.08. The Labute approximate surface area is 94.0 Å². The van der Waals surface area contributed by atoms with Crippen LogP contribution in [0.15, 0.2) is 24.5 Å². The molecule has 0 saturated carbocycles. The lowest BCUT2D eigenvalue weighted by atomic mass is 9.88. The summed E-state index contributed by atoms with van der Waals surface area (Å²) in [7, 11) is -5.05. The van der Waals surface area contributed by atoms with Gasteiger partial charge in [0, 0.05) is 12.4 Å². The molecule has 0 radical (unpaired) electrons. The number of hydrogen-bond acceptors (Lipinski definition) is 6. The van der Waals surface area contributed by atoms with Gasteiger partial charge in [0.25, 0.3) is 0 Å². The highest BCUT2D eigenvalue weighted by atomic mass is 32.2. The maximum Gasteiger partial charge on any atom is 0.452 e. The zero-order valence-corrected chi connectivity index (χ0v) is 9.30. The van der Waals surface area contributed by atoms with Gasteiger partial charge in [0.15, 0.2) is 15.8 Å². The summed E-state index contributed by atoms with van der Waals surface area (Å²) in [4.78, 5) is 3.75. The summed E-state index contributed by atoms with van der Waals surface area (Å²) in [5, 5.41) is 17.1. The van der Waals surface area contributed by atoms with Crippen LogP contribution >= 0.6 is 0 Å². The number of nitrogens with zero attached hydrogens (tertiary/aromatic N) is 1. The topological polar surface area (TPSA) is 96.7 Å². The van der Waals surface area contributed by atoms with Crippen molar-refractivity contribution in [1.29, 1.82) is 0 Å². The third-order valence-corrected chi connectivity index (χ3v) is 3.08. The molecule has 0 aliphatic carbocycles. The van der Waals surface area contributed by atoms with E-state index in [0.29, 0.717) is 5.75 Å². The number of hydrogen-bond donors (Lipinski definition) is 2. The lowest BCUT2D eigenvalue weighted by molar-refractivity contribution is 0.375. The Morgan fingerprint density at radius 3 is 2.50 bits per heavy atom. The molecular formula is C8H12BNO5S. The summed E-state index contributed by atoms with van der Waals surface area (Å²) < 4.78 is 27.7. The van der Waals surface area contributed by atoms with Crippen LogP contribution in [0.2, 0.25) is 6.32 Å². The van der Waals surface area contributed by atoms with E-state index in [9.17, 15) is 8.42 Å². The van der Waals surface area contributed by atoms with Gasteiger partial charge in [-0.25, -0.2) is 8.42 Å². The molecule has 0 aromatic carbocycles. The van der Waals surface area contributed by atoms with Crippen LogP contribution in [-0.2, 0) is 9.84 Å². The Morgan fingerprint density at radius 2 is 1.94 bits per heavy atom. The molecule has 1 aromatic rings. The molecule has 8 heteroatoms. The Morgan fingerprint density at radius 1 is 1.31 bits per heavy atom. The molecule has 1 rings (SSSR count). The summed E-state index contributed by atoms with van der Waals surface area (Å²) in [6.07, 6.45) is 2.75. The van der Waals surface area contributed by atoms with Gasteiger partial charge in [-0.15, -0.1) is 0 Å². The highest BCUT2D eigenvalue weighted by molar-refractivity contribution is 7.91. The van der Waals surface area contributed by atoms with E-state index < -0.39 is 22.9 Å². The molecule has 2 N–H and O–H groups in total. The Hall–Kier alpha value is -1.12. The lowest BCUT2D eigenvalue weighted by Gasteiger charge is -2.06. The van der Waals surface area contributed by atoms with Crippen molar-refractivity contribution < 1.29 is 23.2 Å². The molecule has 88 valence electrons. The molecule has 0 unspecified atom stereocenters. The van der Waals surface area contributed by atoms with Crippen LogP contribution < -0.4 is 4.74 Å². The van der Waals surface area contributed by atoms with E-state index in [-0.39, 0.29) is 12.1 Å². The van der Waals surface area contributed by atoms with Crippen molar-refractivity contribution in [1.82, 2.24) is 4.98 Å². The monoisotopic (exact) mass is 245 g/mol. The molecule has 0 spiro atoms. The third-order valence-electron chi connectivity index (χ3n) is 1.74. The van der Waals surface area contributed by atoms with Crippen molar-refractivity contribution in [3.8, 4) is 5.75 Å². The minimum Gasteiger partial charge on any atom is -0.478 e. The van der Waals surface area contributed by atoms with E-state index in [2.05, 4.69) is 4.98 Å². The van der Waals surface area contributed by atoms with Gasteiger partial charge in [-0.05, 0) is 18.5 Å². The summed E-state index contributed by atoms with van der Waals surface area (Å²) in [5.74, 6) is -0.400. The second-order valence-corrected chi connectivity index (χ2v) is 5.29. The smallest absolute Gasteiger partial charge is 0.452 e. The van der Waals surface area contributed by atoms with E-state index in [1.54, 1.807) is 0 Å². The lowest BCUT2D eigenvalue weighted by Crippen LogP contribution is -2.21. The standard InChI is InChI=1S/C8H12BNO5S/c11-9(12)3-6-16(13,14)7-15-8-1-4-10-5-2-8/h1-2,4-5,11-12H,3,6-7H2. The molecule has 1 heterocycles. The number of ether oxygens (including phenoxy) is 1. The first-order valence-corrected chi connectivity index (χ1v) is 6.41.